The van der Waals surface area contributed by atoms with E-state index in [0.717, 1.165) is 30.4 Å². The van der Waals surface area contributed by atoms with Gasteiger partial charge in [0.1, 0.15) is 5.75 Å². The van der Waals surface area contributed by atoms with Crippen molar-refractivity contribution >= 4 is 11.9 Å². The molecule has 30 heavy (non-hydrogen) atoms. The monoisotopic (exact) mass is 410 g/mol. The standard InChI is InChI=1S/C26H34O4/c1-4-7-8-9-13-20-29-24(27)26(5-2,6-3)25(28)30-23-18-16-22(17-19-23)21-14-11-10-12-15-21/h10-12,14-19H,4-9,13,20H2,1-3H3. The van der Waals surface area contributed by atoms with E-state index in [1.807, 2.05) is 56.3 Å². The fourth-order valence-electron chi connectivity index (χ4n) is 3.47. The van der Waals surface area contributed by atoms with Crippen LogP contribution in [0.15, 0.2) is 54.6 Å². The van der Waals surface area contributed by atoms with E-state index in [1.54, 1.807) is 12.1 Å². The van der Waals surface area contributed by atoms with Crippen molar-refractivity contribution in [2.75, 3.05) is 6.61 Å². The van der Waals surface area contributed by atoms with Crippen LogP contribution in [0, 0.1) is 5.41 Å². The van der Waals surface area contributed by atoms with Gasteiger partial charge in [-0.15, -0.1) is 0 Å². The van der Waals surface area contributed by atoms with Crippen LogP contribution in [0.3, 0.4) is 0 Å². The first-order valence-corrected chi connectivity index (χ1v) is 11.1. The van der Waals surface area contributed by atoms with Crippen molar-refractivity contribution in [3.63, 3.8) is 0 Å². The van der Waals surface area contributed by atoms with Crippen LogP contribution < -0.4 is 4.74 Å². The van der Waals surface area contributed by atoms with E-state index in [0.29, 0.717) is 25.2 Å². The Hall–Kier alpha value is -2.62. The van der Waals surface area contributed by atoms with Crippen molar-refractivity contribution in [1.82, 2.24) is 0 Å². The normalized spacial score (nSPS) is 11.2. The SMILES string of the molecule is CCCCCCCOC(=O)C(CC)(CC)C(=O)Oc1ccc(-c2ccccc2)cc1. The summed E-state index contributed by atoms with van der Waals surface area (Å²) < 4.78 is 11.1. The molecule has 0 amide bonds. The molecule has 2 aromatic rings. The molecule has 0 spiro atoms. The maximum Gasteiger partial charge on any atom is 0.328 e. The van der Waals surface area contributed by atoms with Gasteiger partial charge in [0.25, 0.3) is 0 Å². The summed E-state index contributed by atoms with van der Waals surface area (Å²) in [7, 11) is 0. The molecule has 0 aliphatic rings. The Bertz CT molecular complexity index is 776. The summed E-state index contributed by atoms with van der Waals surface area (Å²) in [6, 6.07) is 17.3. The highest BCUT2D eigenvalue weighted by Crippen LogP contribution is 2.31. The molecular weight excluding hydrogens is 376 g/mol. The number of rotatable bonds is 12. The molecule has 0 N–H and O–H groups in total. The number of carbonyl (C=O) groups is 2. The fourth-order valence-corrected chi connectivity index (χ4v) is 3.47. The van der Waals surface area contributed by atoms with Gasteiger partial charge in [0, 0.05) is 0 Å². The molecule has 0 unspecified atom stereocenters. The van der Waals surface area contributed by atoms with Crippen molar-refractivity contribution < 1.29 is 19.1 Å². The van der Waals surface area contributed by atoms with Gasteiger partial charge >= 0.3 is 11.9 Å². The molecule has 0 saturated heterocycles. The molecule has 0 aromatic heterocycles. The molecule has 0 heterocycles. The second-order valence-corrected chi connectivity index (χ2v) is 7.62. The molecule has 0 bridgehead atoms. The second-order valence-electron chi connectivity index (χ2n) is 7.62. The Labute approximate surface area is 180 Å². The summed E-state index contributed by atoms with van der Waals surface area (Å²) in [5, 5.41) is 0. The quantitative estimate of drug-likeness (QED) is 0.172. The van der Waals surface area contributed by atoms with Gasteiger partial charge in [0.2, 0.25) is 0 Å². The minimum atomic E-state index is -1.26. The molecule has 0 fully saturated rings. The van der Waals surface area contributed by atoms with Crippen LogP contribution >= 0.6 is 0 Å². The van der Waals surface area contributed by atoms with Crippen LogP contribution in [0.1, 0.15) is 65.7 Å². The third-order valence-corrected chi connectivity index (χ3v) is 5.64. The maximum atomic E-state index is 12.9. The second kappa shape index (κ2) is 12.2. The Morgan fingerprint density at radius 2 is 1.33 bits per heavy atom. The van der Waals surface area contributed by atoms with Crippen LogP contribution in [0.5, 0.6) is 5.75 Å². The Kier molecular flexibility index (Phi) is 9.59. The molecular formula is C26H34O4. The van der Waals surface area contributed by atoms with Crippen LogP contribution in [-0.2, 0) is 14.3 Å². The van der Waals surface area contributed by atoms with Crippen molar-refractivity contribution in [2.45, 2.75) is 65.7 Å². The van der Waals surface area contributed by atoms with Gasteiger partial charge in [-0.25, -0.2) is 0 Å². The van der Waals surface area contributed by atoms with E-state index < -0.39 is 17.4 Å². The maximum absolute atomic E-state index is 12.9. The van der Waals surface area contributed by atoms with Crippen LogP contribution in [-0.4, -0.2) is 18.5 Å². The minimum Gasteiger partial charge on any atom is -0.465 e. The minimum absolute atomic E-state index is 0.346. The lowest BCUT2D eigenvalue weighted by Gasteiger charge is -2.26. The fraction of sp³-hybridized carbons (Fsp3) is 0.462. The average molecular weight is 411 g/mol. The Balaban J connectivity index is 1.99. The summed E-state index contributed by atoms with van der Waals surface area (Å²) in [6.07, 6.45) is 6.06. The highest BCUT2D eigenvalue weighted by atomic mass is 16.6. The lowest BCUT2D eigenvalue weighted by atomic mass is 9.82. The number of unbranched alkanes of at least 4 members (excludes halogenated alkanes) is 4. The predicted molar refractivity (Wildman–Crippen MR) is 120 cm³/mol. The van der Waals surface area contributed by atoms with E-state index in [-0.39, 0.29) is 0 Å². The van der Waals surface area contributed by atoms with E-state index >= 15 is 0 Å². The molecule has 4 nitrogen and oxygen atoms in total. The first kappa shape index (κ1) is 23.7. The zero-order valence-electron chi connectivity index (χ0n) is 18.5. The zero-order valence-corrected chi connectivity index (χ0v) is 18.5. The molecule has 0 saturated carbocycles. The summed E-state index contributed by atoms with van der Waals surface area (Å²) in [6.45, 7) is 6.17. The van der Waals surface area contributed by atoms with Gasteiger partial charge in [0.15, 0.2) is 5.41 Å². The molecule has 0 radical (unpaired) electrons. The molecule has 0 aliphatic carbocycles. The third kappa shape index (κ3) is 6.19. The van der Waals surface area contributed by atoms with Crippen LogP contribution in [0.4, 0.5) is 0 Å². The van der Waals surface area contributed by atoms with Gasteiger partial charge in [-0.3, -0.25) is 9.59 Å². The van der Waals surface area contributed by atoms with Gasteiger partial charge in [-0.05, 0) is 42.5 Å². The predicted octanol–water partition coefficient (Wildman–Crippen LogP) is 6.58. The number of esters is 2. The largest absolute Gasteiger partial charge is 0.465 e. The van der Waals surface area contributed by atoms with Crippen molar-refractivity contribution in [1.29, 1.82) is 0 Å². The molecule has 2 aromatic carbocycles. The van der Waals surface area contributed by atoms with Crippen molar-refractivity contribution in [3.05, 3.63) is 54.6 Å². The summed E-state index contributed by atoms with van der Waals surface area (Å²) in [5.74, 6) is -0.594. The van der Waals surface area contributed by atoms with Gasteiger partial charge in [-0.1, -0.05) is 88.9 Å². The highest BCUT2D eigenvalue weighted by Gasteiger charge is 2.46. The lowest BCUT2D eigenvalue weighted by molar-refractivity contribution is -0.168. The first-order chi connectivity index (χ1) is 14.6. The summed E-state index contributed by atoms with van der Waals surface area (Å²) >= 11 is 0. The number of carbonyl (C=O) groups excluding carboxylic acids is 2. The van der Waals surface area contributed by atoms with E-state index in [9.17, 15) is 9.59 Å². The number of hydrogen-bond donors (Lipinski definition) is 0. The van der Waals surface area contributed by atoms with Crippen molar-refractivity contribution in [2.24, 2.45) is 5.41 Å². The lowest BCUT2D eigenvalue weighted by Crippen LogP contribution is -2.42. The summed E-state index contributed by atoms with van der Waals surface area (Å²) in [4.78, 5) is 25.7. The third-order valence-electron chi connectivity index (χ3n) is 5.64. The molecule has 0 atom stereocenters. The van der Waals surface area contributed by atoms with E-state index in [1.165, 1.54) is 12.8 Å². The van der Waals surface area contributed by atoms with Crippen LogP contribution in [0.25, 0.3) is 11.1 Å². The summed E-state index contributed by atoms with van der Waals surface area (Å²) in [5.41, 5.74) is 0.867. The number of ether oxygens (including phenoxy) is 2. The van der Waals surface area contributed by atoms with Gasteiger partial charge in [0.05, 0.1) is 6.61 Å². The molecule has 162 valence electrons. The van der Waals surface area contributed by atoms with Gasteiger partial charge in [-0.2, -0.15) is 0 Å². The van der Waals surface area contributed by atoms with Gasteiger partial charge < -0.3 is 9.47 Å². The van der Waals surface area contributed by atoms with E-state index in [4.69, 9.17) is 9.47 Å². The highest BCUT2D eigenvalue weighted by molar-refractivity contribution is 6.00. The topological polar surface area (TPSA) is 52.6 Å². The molecule has 0 aliphatic heterocycles. The molecule has 4 heteroatoms. The van der Waals surface area contributed by atoms with Crippen molar-refractivity contribution in [3.8, 4) is 16.9 Å². The first-order valence-electron chi connectivity index (χ1n) is 11.1. The molecule has 2 rings (SSSR count). The number of hydrogen-bond acceptors (Lipinski definition) is 4. The Morgan fingerprint density at radius 3 is 1.93 bits per heavy atom. The zero-order chi connectivity index (χ0) is 21.8. The smallest absolute Gasteiger partial charge is 0.328 e. The van der Waals surface area contributed by atoms with E-state index in [2.05, 4.69) is 6.92 Å². The average Bonchev–Trinajstić information content (AvgIpc) is 2.78. The number of benzene rings is 2. The Morgan fingerprint density at radius 1 is 0.733 bits per heavy atom. The van der Waals surface area contributed by atoms with Crippen LogP contribution in [0.2, 0.25) is 0 Å².